The van der Waals surface area contributed by atoms with Crippen molar-refractivity contribution in [2.75, 3.05) is 53.5 Å². The standard InChI is InChI=1S/C17H36N4O.HI/c1-6-18-17(21(5)13-16-9-12-22-14-16)19-10-7-8-11-20(4)15(2)3;/h15-16H,6-14H2,1-5H3,(H,18,19);1H. The maximum Gasteiger partial charge on any atom is 0.193 e. The van der Waals surface area contributed by atoms with Crippen molar-refractivity contribution in [3.8, 4) is 0 Å². The molecule has 0 aromatic rings. The summed E-state index contributed by atoms with van der Waals surface area (Å²) in [6, 6.07) is 0.626. The van der Waals surface area contributed by atoms with Gasteiger partial charge in [0.1, 0.15) is 0 Å². The summed E-state index contributed by atoms with van der Waals surface area (Å²) in [6.07, 6.45) is 3.52. The Morgan fingerprint density at radius 2 is 2.04 bits per heavy atom. The maximum atomic E-state index is 5.46. The molecule has 1 aliphatic heterocycles. The third-order valence-corrected chi connectivity index (χ3v) is 4.31. The fourth-order valence-electron chi connectivity index (χ4n) is 2.59. The minimum absolute atomic E-state index is 0. The first kappa shape index (κ1) is 22.9. The Bertz CT molecular complexity index is 320. The monoisotopic (exact) mass is 440 g/mol. The molecule has 5 nitrogen and oxygen atoms in total. The van der Waals surface area contributed by atoms with E-state index in [9.17, 15) is 0 Å². The van der Waals surface area contributed by atoms with Gasteiger partial charge in [-0.15, -0.1) is 24.0 Å². The summed E-state index contributed by atoms with van der Waals surface area (Å²) in [5.74, 6) is 1.68. The highest BCUT2D eigenvalue weighted by Gasteiger charge is 2.18. The zero-order chi connectivity index (χ0) is 16.4. The van der Waals surface area contributed by atoms with Gasteiger partial charge in [-0.25, -0.2) is 0 Å². The molecule has 1 fully saturated rings. The smallest absolute Gasteiger partial charge is 0.193 e. The van der Waals surface area contributed by atoms with Gasteiger partial charge >= 0.3 is 0 Å². The number of hydrogen-bond acceptors (Lipinski definition) is 3. The first-order valence-electron chi connectivity index (χ1n) is 8.82. The summed E-state index contributed by atoms with van der Waals surface area (Å²) >= 11 is 0. The fraction of sp³-hybridized carbons (Fsp3) is 0.941. The first-order valence-corrected chi connectivity index (χ1v) is 8.82. The van der Waals surface area contributed by atoms with Crippen LogP contribution in [0.4, 0.5) is 0 Å². The van der Waals surface area contributed by atoms with Crippen LogP contribution in [0.5, 0.6) is 0 Å². The highest BCUT2D eigenvalue weighted by molar-refractivity contribution is 14.0. The molecule has 1 rings (SSSR count). The van der Waals surface area contributed by atoms with Crippen molar-refractivity contribution in [2.45, 2.75) is 46.1 Å². The van der Waals surface area contributed by atoms with Gasteiger partial charge < -0.3 is 19.9 Å². The van der Waals surface area contributed by atoms with Gasteiger partial charge in [0.2, 0.25) is 0 Å². The van der Waals surface area contributed by atoms with Crippen LogP contribution >= 0.6 is 24.0 Å². The van der Waals surface area contributed by atoms with Crippen LogP contribution in [0.1, 0.15) is 40.0 Å². The van der Waals surface area contributed by atoms with E-state index in [-0.39, 0.29) is 24.0 Å². The second-order valence-electron chi connectivity index (χ2n) is 6.63. The quantitative estimate of drug-likeness (QED) is 0.259. The predicted octanol–water partition coefficient (Wildman–Crippen LogP) is 2.66. The van der Waals surface area contributed by atoms with Crippen molar-refractivity contribution in [2.24, 2.45) is 10.9 Å². The molecule has 0 amide bonds. The molecule has 0 aromatic carbocycles. The van der Waals surface area contributed by atoms with Gasteiger partial charge in [0.05, 0.1) is 6.61 Å². The number of hydrogen-bond donors (Lipinski definition) is 1. The minimum Gasteiger partial charge on any atom is -0.381 e. The molecule has 138 valence electrons. The molecule has 0 saturated carbocycles. The van der Waals surface area contributed by atoms with Gasteiger partial charge in [-0.1, -0.05) is 0 Å². The molecule has 1 saturated heterocycles. The Hall–Kier alpha value is -0.0800. The van der Waals surface area contributed by atoms with E-state index in [1.807, 2.05) is 0 Å². The largest absolute Gasteiger partial charge is 0.381 e. The number of aliphatic imine (C=N–C) groups is 1. The van der Waals surface area contributed by atoms with E-state index >= 15 is 0 Å². The molecule has 0 radical (unpaired) electrons. The van der Waals surface area contributed by atoms with E-state index < -0.39 is 0 Å². The van der Waals surface area contributed by atoms with Gasteiger partial charge in [0.25, 0.3) is 0 Å². The molecule has 6 heteroatoms. The van der Waals surface area contributed by atoms with Crippen molar-refractivity contribution in [1.82, 2.24) is 15.1 Å². The van der Waals surface area contributed by atoms with E-state index in [2.05, 4.69) is 50.0 Å². The Labute approximate surface area is 160 Å². The normalized spacial score (nSPS) is 18.4. The first-order chi connectivity index (χ1) is 10.5. The molecular formula is C17H37IN4O. The van der Waals surface area contributed by atoms with Crippen LogP contribution in [-0.2, 0) is 4.74 Å². The van der Waals surface area contributed by atoms with E-state index in [4.69, 9.17) is 9.73 Å². The summed E-state index contributed by atoms with van der Waals surface area (Å²) in [5, 5.41) is 3.40. The highest BCUT2D eigenvalue weighted by Crippen LogP contribution is 2.13. The number of halogens is 1. The van der Waals surface area contributed by atoms with Gasteiger partial charge in [0.15, 0.2) is 5.96 Å². The molecule has 0 spiro atoms. The number of nitrogens with zero attached hydrogens (tertiary/aromatic N) is 3. The van der Waals surface area contributed by atoms with Crippen LogP contribution in [0, 0.1) is 5.92 Å². The van der Waals surface area contributed by atoms with Crippen LogP contribution in [0.15, 0.2) is 4.99 Å². The van der Waals surface area contributed by atoms with Crippen LogP contribution in [0.25, 0.3) is 0 Å². The second kappa shape index (κ2) is 13.2. The summed E-state index contributed by atoms with van der Waals surface area (Å²) in [6.45, 7) is 12.4. The van der Waals surface area contributed by atoms with Crippen molar-refractivity contribution in [3.05, 3.63) is 0 Å². The Kier molecular flexibility index (Phi) is 13.2. The van der Waals surface area contributed by atoms with Crippen molar-refractivity contribution in [1.29, 1.82) is 0 Å². The molecule has 1 atom stereocenters. The van der Waals surface area contributed by atoms with Crippen LogP contribution in [0.2, 0.25) is 0 Å². The molecule has 23 heavy (non-hydrogen) atoms. The summed E-state index contributed by atoms with van der Waals surface area (Å²) in [4.78, 5) is 9.41. The van der Waals surface area contributed by atoms with Crippen molar-refractivity contribution >= 4 is 29.9 Å². The van der Waals surface area contributed by atoms with E-state index in [1.54, 1.807) is 0 Å². The molecule has 1 N–H and O–H groups in total. The maximum absolute atomic E-state index is 5.46. The summed E-state index contributed by atoms with van der Waals surface area (Å²) in [7, 11) is 4.32. The third kappa shape index (κ3) is 9.72. The van der Waals surface area contributed by atoms with Crippen LogP contribution in [-0.4, -0.2) is 75.3 Å². The third-order valence-electron chi connectivity index (χ3n) is 4.31. The zero-order valence-corrected chi connectivity index (χ0v) is 18.0. The number of guanidine groups is 1. The lowest BCUT2D eigenvalue weighted by Crippen LogP contribution is -2.41. The second-order valence-corrected chi connectivity index (χ2v) is 6.63. The molecule has 0 bridgehead atoms. The van der Waals surface area contributed by atoms with E-state index in [0.717, 1.165) is 51.8 Å². The fourth-order valence-corrected chi connectivity index (χ4v) is 2.59. The number of ether oxygens (including phenoxy) is 1. The van der Waals surface area contributed by atoms with Crippen molar-refractivity contribution in [3.63, 3.8) is 0 Å². The molecule has 0 aliphatic carbocycles. The Morgan fingerprint density at radius 3 is 2.61 bits per heavy atom. The predicted molar refractivity (Wildman–Crippen MR) is 110 cm³/mol. The van der Waals surface area contributed by atoms with Gasteiger partial charge in [0, 0.05) is 45.2 Å². The number of rotatable bonds is 9. The molecule has 0 aromatic heterocycles. The molecule has 1 heterocycles. The van der Waals surface area contributed by atoms with Gasteiger partial charge in [-0.2, -0.15) is 0 Å². The molecule has 1 aliphatic rings. The minimum atomic E-state index is 0. The highest BCUT2D eigenvalue weighted by atomic mass is 127. The lowest BCUT2D eigenvalue weighted by atomic mass is 10.1. The average molecular weight is 440 g/mol. The summed E-state index contributed by atoms with van der Waals surface area (Å²) in [5.41, 5.74) is 0. The SMILES string of the molecule is CCNC(=NCCCCN(C)C(C)C)N(C)CC1CCOC1.I. The average Bonchev–Trinajstić information content (AvgIpc) is 2.98. The lowest BCUT2D eigenvalue weighted by molar-refractivity contribution is 0.181. The van der Waals surface area contributed by atoms with Gasteiger partial charge in [-0.3, -0.25) is 4.99 Å². The number of nitrogens with one attached hydrogen (secondary N) is 1. The van der Waals surface area contributed by atoms with Crippen LogP contribution < -0.4 is 5.32 Å². The van der Waals surface area contributed by atoms with Gasteiger partial charge in [-0.05, 0) is 53.6 Å². The molecular weight excluding hydrogens is 403 g/mol. The van der Waals surface area contributed by atoms with E-state index in [1.165, 1.54) is 12.8 Å². The zero-order valence-electron chi connectivity index (χ0n) is 15.7. The van der Waals surface area contributed by atoms with Crippen molar-refractivity contribution < 1.29 is 4.74 Å². The summed E-state index contributed by atoms with van der Waals surface area (Å²) < 4.78 is 5.46. The van der Waals surface area contributed by atoms with Crippen LogP contribution in [0.3, 0.4) is 0 Å². The molecule has 1 unspecified atom stereocenters. The number of unbranched alkanes of at least 4 members (excludes halogenated alkanes) is 1. The van der Waals surface area contributed by atoms with E-state index in [0.29, 0.717) is 12.0 Å². The lowest BCUT2D eigenvalue weighted by Gasteiger charge is -2.24. The Morgan fingerprint density at radius 1 is 1.30 bits per heavy atom. The Balaban J connectivity index is 0.00000484. The topological polar surface area (TPSA) is 40.1 Å².